The quantitative estimate of drug-likeness (QED) is 0.568. The van der Waals surface area contributed by atoms with Crippen molar-refractivity contribution >= 4 is 22.7 Å². The molecule has 0 unspecified atom stereocenters. The molecule has 148 valence electrons. The van der Waals surface area contributed by atoms with E-state index in [9.17, 15) is 5.11 Å². The summed E-state index contributed by atoms with van der Waals surface area (Å²) in [6, 6.07) is 21.0. The first kappa shape index (κ1) is 19.4. The Hall–Kier alpha value is -2.92. The average Bonchev–Trinajstić information content (AvgIpc) is 3.21. The Kier molecular flexibility index (Phi) is 5.49. The second-order valence-corrected chi connectivity index (χ2v) is 8.62. The molecule has 1 aromatic heterocycles. The molecule has 0 fully saturated rings. The number of hydrogen-bond acceptors (Lipinski definition) is 4. The van der Waals surface area contributed by atoms with Crippen LogP contribution >= 0.6 is 11.3 Å². The topological polar surface area (TPSA) is 60.2 Å². The van der Waals surface area contributed by atoms with E-state index in [1.165, 1.54) is 11.1 Å². The first-order valence-corrected chi connectivity index (χ1v) is 10.7. The number of nitrogens with one attached hydrogen (secondary N) is 1. The number of hydrogen-bond donors (Lipinski definition) is 2. The minimum atomic E-state index is 0.250. The summed E-state index contributed by atoms with van der Waals surface area (Å²) in [6.07, 6.45) is 0.868. The zero-order valence-corrected chi connectivity index (χ0v) is 17.5. The Morgan fingerprint density at radius 3 is 2.14 bits per heavy atom. The van der Waals surface area contributed by atoms with Gasteiger partial charge in [0.05, 0.1) is 17.8 Å². The fourth-order valence-electron chi connectivity index (χ4n) is 3.81. The third kappa shape index (κ3) is 3.96. The van der Waals surface area contributed by atoms with E-state index in [0.717, 1.165) is 22.0 Å². The lowest BCUT2D eigenvalue weighted by atomic mass is 9.88. The van der Waals surface area contributed by atoms with Gasteiger partial charge in [-0.25, -0.2) is 4.98 Å². The summed E-state index contributed by atoms with van der Waals surface area (Å²) in [5.74, 6) is 0.872. The van der Waals surface area contributed by atoms with Gasteiger partial charge in [-0.2, -0.15) is 0 Å². The maximum atomic E-state index is 10.5. The lowest BCUT2D eigenvalue weighted by molar-refractivity contribution is 0.344. The van der Waals surface area contributed by atoms with E-state index >= 15 is 0 Å². The molecule has 0 radical (unpaired) electrons. The van der Waals surface area contributed by atoms with Gasteiger partial charge in [0.2, 0.25) is 0 Å². The minimum Gasteiger partial charge on any atom is -0.510 e. The van der Waals surface area contributed by atoms with Crippen LogP contribution in [0.5, 0.6) is 0 Å². The van der Waals surface area contributed by atoms with Crippen molar-refractivity contribution in [1.29, 1.82) is 5.41 Å². The van der Waals surface area contributed by atoms with Gasteiger partial charge in [0.15, 0.2) is 0 Å². The van der Waals surface area contributed by atoms with Gasteiger partial charge in [0, 0.05) is 17.3 Å². The van der Waals surface area contributed by atoms with Gasteiger partial charge in [-0.1, -0.05) is 60.7 Å². The van der Waals surface area contributed by atoms with Crippen LogP contribution in [0, 0.1) is 19.3 Å². The van der Waals surface area contributed by atoms with Crippen molar-refractivity contribution < 1.29 is 5.11 Å². The van der Waals surface area contributed by atoms with Gasteiger partial charge in [-0.3, -0.25) is 5.41 Å². The zero-order chi connectivity index (χ0) is 20.4. The van der Waals surface area contributed by atoms with E-state index in [4.69, 9.17) is 5.41 Å². The van der Waals surface area contributed by atoms with Crippen LogP contribution in [0.1, 0.15) is 39.0 Å². The molecule has 0 spiro atoms. The Morgan fingerprint density at radius 2 is 1.62 bits per heavy atom. The molecule has 4 nitrogen and oxygen atoms in total. The maximum Gasteiger partial charge on any atom is 0.135 e. The summed E-state index contributed by atoms with van der Waals surface area (Å²) in [4.78, 5) is 7.63. The van der Waals surface area contributed by atoms with Crippen LogP contribution in [0.4, 0.5) is 0 Å². The molecule has 2 heterocycles. The summed E-state index contributed by atoms with van der Waals surface area (Å²) >= 11 is 1.54. The van der Waals surface area contributed by atoms with Gasteiger partial charge in [0.1, 0.15) is 16.6 Å². The molecule has 0 amide bonds. The van der Waals surface area contributed by atoms with Crippen LogP contribution in [0.25, 0.3) is 5.57 Å². The van der Waals surface area contributed by atoms with Crippen molar-refractivity contribution in [3.05, 3.63) is 93.1 Å². The molecule has 0 atom stereocenters. The third-order valence-electron chi connectivity index (χ3n) is 5.52. The fraction of sp³-hybridized carbons (Fsp3) is 0.250. The first-order valence-electron chi connectivity index (χ1n) is 9.85. The molecular weight excluding hydrogens is 378 g/mol. The number of aromatic nitrogens is 1. The van der Waals surface area contributed by atoms with Crippen molar-refractivity contribution in [3.8, 4) is 0 Å². The number of aryl methyl sites for hydroxylation is 2. The lowest BCUT2D eigenvalue weighted by Gasteiger charge is -2.23. The summed E-state index contributed by atoms with van der Waals surface area (Å²) in [6.45, 7) is 5.06. The molecule has 29 heavy (non-hydrogen) atoms. The van der Waals surface area contributed by atoms with Crippen LogP contribution in [-0.4, -0.2) is 33.9 Å². The van der Waals surface area contributed by atoms with Crippen molar-refractivity contribution in [3.63, 3.8) is 0 Å². The highest BCUT2D eigenvalue weighted by Crippen LogP contribution is 2.33. The summed E-state index contributed by atoms with van der Waals surface area (Å²) < 4.78 is 0. The largest absolute Gasteiger partial charge is 0.510 e. The molecule has 0 aliphatic carbocycles. The molecule has 2 aromatic carbocycles. The number of aliphatic hydroxyl groups is 1. The molecule has 0 saturated carbocycles. The average molecular weight is 404 g/mol. The van der Waals surface area contributed by atoms with Crippen LogP contribution in [0.15, 0.2) is 66.4 Å². The molecule has 1 aliphatic heterocycles. The van der Waals surface area contributed by atoms with Crippen molar-refractivity contribution in [2.24, 2.45) is 0 Å². The predicted octanol–water partition coefficient (Wildman–Crippen LogP) is 5.54. The minimum absolute atomic E-state index is 0.250. The molecule has 1 aliphatic rings. The monoisotopic (exact) mass is 403 g/mol. The highest BCUT2D eigenvalue weighted by Gasteiger charge is 2.31. The Labute approximate surface area is 175 Å². The van der Waals surface area contributed by atoms with Gasteiger partial charge in [-0.05, 0) is 31.4 Å². The second-order valence-electron chi connectivity index (χ2n) is 7.42. The fourth-order valence-corrected chi connectivity index (χ4v) is 4.79. The van der Waals surface area contributed by atoms with Gasteiger partial charge in [0.25, 0.3) is 0 Å². The number of thiazole rings is 1. The van der Waals surface area contributed by atoms with Crippen LogP contribution in [0.3, 0.4) is 0 Å². The molecule has 0 bridgehead atoms. The third-order valence-corrected chi connectivity index (χ3v) is 6.61. The van der Waals surface area contributed by atoms with Crippen LogP contribution < -0.4 is 0 Å². The van der Waals surface area contributed by atoms with E-state index in [1.54, 1.807) is 11.3 Å². The van der Waals surface area contributed by atoms with Crippen LogP contribution in [0.2, 0.25) is 0 Å². The van der Waals surface area contributed by atoms with E-state index in [2.05, 4.69) is 53.5 Å². The maximum absolute atomic E-state index is 10.5. The van der Waals surface area contributed by atoms with E-state index in [-0.39, 0.29) is 11.7 Å². The molecule has 2 N–H and O–H groups in total. The highest BCUT2D eigenvalue weighted by molar-refractivity contribution is 7.13. The van der Waals surface area contributed by atoms with Crippen molar-refractivity contribution in [1.82, 2.24) is 9.88 Å². The number of rotatable bonds is 6. The zero-order valence-electron chi connectivity index (χ0n) is 16.7. The number of aliphatic hydroxyl groups excluding tert-OH is 1. The van der Waals surface area contributed by atoms with Gasteiger partial charge < -0.3 is 10.0 Å². The first-order chi connectivity index (χ1) is 14.0. The molecule has 5 heteroatoms. The lowest BCUT2D eigenvalue weighted by Crippen LogP contribution is -2.29. The normalized spacial score (nSPS) is 14.3. The van der Waals surface area contributed by atoms with E-state index < -0.39 is 0 Å². The Morgan fingerprint density at radius 1 is 1.03 bits per heavy atom. The molecular formula is C24H25N3OS. The SMILES string of the molecule is Cc1nc(C2=C(O)CN(CCC(c3ccccc3)c3ccccc3)C2=N)sc1C. The smallest absolute Gasteiger partial charge is 0.135 e. The predicted molar refractivity (Wildman–Crippen MR) is 120 cm³/mol. The van der Waals surface area contributed by atoms with E-state index in [0.29, 0.717) is 24.5 Å². The summed E-state index contributed by atoms with van der Waals surface area (Å²) in [7, 11) is 0. The van der Waals surface area contributed by atoms with Crippen LogP contribution in [-0.2, 0) is 0 Å². The van der Waals surface area contributed by atoms with Crippen molar-refractivity contribution in [2.45, 2.75) is 26.2 Å². The molecule has 4 rings (SSSR count). The number of benzene rings is 2. The Balaban J connectivity index is 1.52. The Bertz CT molecular complexity index is 982. The highest BCUT2D eigenvalue weighted by atomic mass is 32.1. The van der Waals surface area contributed by atoms with Gasteiger partial charge in [-0.15, -0.1) is 11.3 Å². The number of nitrogens with zero attached hydrogens (tertiary/aromatic N) is 2. The van der Waals surface area contributed by atoms with Crippen molar-refractivity contribution in [2.75, 3.05) is 13.1 Å². The number of amidine groups is 1. The summed E-state index contributed by atoms with van der Waals surface area (Å²) in [5.41, 5.74) is 4.09. The standard InChI is InChI=1S/C24H25N3OS/c1-16-17(2)29-24(26-16)22-21(28)15-27(23(22)25)14-13-20(18-9-5-3-6-10-18)19-11-7-4-8-12-19/h3-12,20,25,28H,13-15H2,1-2H3. The summed E-state index contributed by atoms with van der Waals surface area (Å²) in [5, 5.41) is 19.9. The van der Waals surface area contributed by atoms with E-state index in [1.807, 2.05) is 30.9 Å². The molecule has 3 aromatic rings. The van der Waals surface area contributed by atoms with Gasteiger partial charge >= 0.3 is 0 Å². The molecule has 0 saturated heterocycles. The second kappa shape index (κ2) is 8.21.